The fraction of sp³-hybridized carbons (Fsp3) is 0.174. The summed E-state index contributed by atoms with van der Waals surface area (Å²) >= 11 is 1.35. The zero-order valence-corrected chi connectivity index (χ0v) is 17.6. The zero-order chi connectivity index (χ0) is 20.9. The van der Waals surface area contributed by atoms with Gasteiger partial charge < -0.3 is 10.1 Å². The Morgan fingerprint density at radius 2 is 1.87 bits per heavy atom. The molecule has 4 aromatic rings. The number of hydrogen-bond acceptors (Lipinski definition) is 5. The molecule has 0 bridgehead atoms. The van der Waals surface area contributed by atoms with Crippen molar-refractivity contribution in [2.45, 2.75) is 18.1 Å². The van der Waals surface area contributed by atoms with Crippen molar-refractivity contribution in [2.24, 2.45) is 0 Å². The van der Waals surface area contributed by atoms with Crippen LogP contribution in [0.15, 0.2) is 78.2 Å². The highest BCUT2D eigenvalue weighted by atomic mass is 32.2. The number of ether oxygens (including phenoxy) is 1. The maximum absolute atomic E-state index is 12.6. The first-order chi connectivity index (χ1) is 14.7. The third-order valence-corrected chi connectivity index (χ3v) is 5.81. The predicted octanol–water partition coefficient (Wildman–Crippen LogP) is 4.40. The first kappa shape index (κ1) is 20.0. The van der Waals surface area contributed by atoms with E-state index in [1.807, 2.05) is 54.0 Å². The molecule has 1 aromatic heterocycles. The van der Waals surface area contributed by atoms with Gasteiger partial charge in [0.2, 0.25) is 5.91 Å². The number of fused-ring (bicyclic) bond motifs is 1. The van der Waals surface area contributed by atoms with E-state index in [1.165, 1.54) is 11.8 Å². The van der Waals surface area contributed by atoms with Crippen molar-refractivity contribution in [3.63, 3.8) is 0 Å². The van der Waals surface area contributed by atoms with Gasteiger partial charge in [-0.25, -0.2) is 0 Å². The Hall–Kier alpha value is -3.32. The van der Waals surface area contributed by atoms with E-state index in [2.05, 4.69) is 39.8 Å². The minimum absolute atomic E-state index is 0.0512. The molecule has 1 atom stereocenters. The zero-order valence-electron chi connectivity index (χ0n) is 16.8. The lowest BCUT2D eigenvalue weighted by atomic mass is 10.00. The average Bonchev–Trinajstić information content (AvgIpc) is 3.26. The molecule has 0 aliphatic heterocycles. The molecular weight excluding hydrogens is 396 g/mol. The summed E-state index contributed by atoms with van der Waals surface area (Å²) in [6.07, 6.45) is 1.64. The fourth-order valence-electron chi connectivity index (χ4n) is 3.36. The Morgan fingerprint density at radius 3 is 2.67 bits per heavy atom. The van der Waals surface area contributed by atoms with Crippen LogP contribution in [-0.4, -0.2) is 33.5 Å². The molecule has 1 amide bonds. The molecule has 1 unspecified atom stereocenters. The van der Waals surface area contributed by atoms with Gasteiger partial charge in [-0.05, 0) is 47.5 Å². The number of nitrogens with zero attached hydrogens (tertiary/aromatic N) is 3. The summed E-state index contributed by atoms with van der Waals surface area (Å²) in [4.78, 5) is 12.6. The van der Waals surface area contributed by atoms with Gasteiger partial charge in [0.15, 0.2) is 5.16 Å². The van der Waals surface area contributed by atoms with Crippen LogP contribution in [0, 0.1) is 0 Å². The van der Waals surface area contributed by atoms with Crippen molar-refractivity contribution in [3.05, 3.63) is 78.6 Å². The van der Waals surface area contributed by atoms with Crippen molar-refractivity contribution >= 4 is 28.4 Å². The number of aromatic nitrogens is 3. The van der Waals surface area contributed by atoms with Crippen LogP contribution in [0.5, 0.6) is 5.75 Å². The highest BCUT2D eigenvalue weighted by Gasteiger charge is 2.14. The van der Waals surface area contributed by atoms with E-state index in [-0.39, 0.29) is 17.7 Å². The van der Waals surface area contributed by atoms with Gasteiger partial charge in [-0.15, -0.1) is 10.2 Å². The summed E-state index contributed by atoms with van der Waals surface area (Å²) in [6, 6.07) is 21.9. The van der Waals surface area contributed by atoms with Gasteiger partial charge in [-0.3, -0.25) is 9.36 Å². The molecule has 3 aromatic carbocycles. The quantitative estimate of drug-likeness (QED) is 0.451. The lowest BCUT2D eigenvalue weighted by Crippen LogP contribution is -2.28. The average molecular weight is 419 g/mol. The number of thioether (sulfide) groups is 1. The van der Waals surface area contributed by atoms with Crippen molar-refractivity contribution in [3.8, 4) is 11.4 Å². The van der Waals surface area contributed by atoms with E-state index in [9.17, 15) is 4.79 Å². The van der Waals surface area contributed by atoms with Crippen LogP contribution in [0.25, 0.3) is 16.5 Å². The number of methoxy groups -OCH3 is 1. The van der Waals surface area contributed by atoms with E-state index in [1.54, 1.807) is 13.4 Å². The van der Waals surface area contributed by atoms with Gasteiger partial charge in [0, 0.05) is 5.69 Å². The highest BCUT2D eigenvalue weighted by molar-refractivity contribution is 7.99. The lowest BCUT2D eigenvalue weighted by molar-refractivity contribution is -0.119. The molecule has 0 fully saturated rings. The van der Waals surface area contributed by atoms with Crippen LogP contribution in [0.3, 0.4) is 0 Å². The molecule has 4 rings (SSSR count). The van der Waals surface area contributed by atoms with Crippen LogP contribution >= 0.6 is 11.8 Å². The van der Waals surface area contributed by atoms with Crippen molar-refractivity contribution < 1.29 is 9.53 Å². The molecule has 152 valence electrons. The Labute approximate surface area is 179 Å². The maximum atomic E-state index is 12.6. The van der Waals surface area contributed by atoms with E-state index in [0.717, 1.165) is 27.8 Å². The van der Waals surface area contributed by atoms with E-state index in [4.69, 9.17) is 4.74 Å². The molecule has 0 saturated heterocycles. The van der Waals surface area contributed by atoms with Gasteiger partial charge in [-0.2, -0.15) is 0 Å². The molecular formula is C23H22N4O2S. The smallest absolute Gasteiger partial charge is 0.230 e. The molecule has 7 heteroatoms. The SMILES string of the molecule is COc1ccc(-n2cnnc2SCC(=O)NC(C)c2cccc3ccccc23)cc1. The van der Waals surface area contributed by atoms with Gasteiger partial charge in [0.05, 0.1) is 18.9 Å². The van der Waals surface area contributed by atoms with E-state index < -0.39 is 0 Å². The number of carbonyl (C=O) groups is 1. The molecule has 1 heterocycles. The topological polar surface area (TPSA) is 69.0 Å². The number of nitrogens with one attached hydrogen (secondary N) is 1. The van der Waals surface area contributed by atoms with Gasteiger partial charge >= 0.3 is 0 Å². The monoisotopic (exact) mass is 418 g/mol. The number of carbonyl (C=O) groups excluding carboxylic acids is 1. The van der Waals surface area contributed by atoms with Crippen molar-refractivity contribution in [1.82, 2.24) is 20.1 Å². The maximum Gasteiger partial charge on any atom is 0.230 e. The van der Waals surface area contributed by atoms with Crippen LogP contribution in [0.4, 0.5) is 0 Å². The first-order valence-electron chi connectivity index (χ1n) is 9.60. The van der Waals surface area contributed by atoms with Crippen molar-refractivity contribution in [2.75, 3.05) is 12.9 Å². The van der Waals surface area contributed by atoms with E-state index >= 15 is 0 Å². The lowest BCUT2D eigenvalue weighted by Gasteiger charge is -2.16. The fourth-order valence-corrected chi connectivity index (χ4v) is 4.10. The van der Waals surface area contributed by atoms with Gasteiger partial charge in [0.25, 0.3) is 0 Å². The molecule has 30 heavy (non-hydrogen) atoms. The minimum atomic E-state index is -0.0938. The second kappa shape index (κ2) is 9.00. The summed E-state index contributed by atoms with van der Waals surface area (Å²) < 4.78 is 7.05. The number of amides is 1. The predicted molar refractivity (Wildman–Crippen MR) is 119 cm³/mol. The molecule has 0 spiro atoms. The third-order valence-electron chi connectivity index (χ3n) is 4.87. The van der Waals surface area contributed by atoms with Crippen LogP contribution in [0.2, 0.25) is 0 Å². The molecule has 0 radical (unpaired) electrons. The molecule has 0 aliphatic rings. The van der Waals surface area contributed by atoms with Crippen LogP contribution < -0.4 is 10.1 Å². The summed E-state index contributed by atoms with van der Waals surface area (Å²) in [7, 11) is 1.63. The normalized spacial score (nSPS) is 11.9. The van der Waals surface area contributed by atoms with Crippen molar-refractivity contribution in [1.29, 1.82) is 0 Å². The Balaban J connectivity index is 1.41. The second-order valence-electron chi connectivity index (χ2n) is 6.83. The molecule has 6 nitrogen and oxygen atoms in total. The minimum Gasteiger partial charge on any atom is -0.497 e. The number of rotatable bonds is 7. The largest absolute Gasteiger partial charge is 0.497 e. The Kier molecular flexibility index (Phi) is 5.99. The van der Waals surface area contributed by atoms with Crippen LogP contribution in [-0.2, 0) is 4.79 Å². The van der Waals surface area contributed by atoms with Crippen LogP contribution in [0.1, 0.15) is 18.5 Å². The van der Waals surface area contributed by atoms with Gasteiger partial charge in [-0.1, -0.05) is 54.2 Å². The summed E-state index contributed by atoms with van der Waals surface area (Å²) in [5.41, 5.74) is 2.01. The summed E-state index contributed by atoms with van der Waals surface area (Å²) in [5, 5.41) is 14.2. The van der Waals surface area contributed by atoms with E-state index in [0.29, 0.717) is 5.16 Å². The standard InChI is InChI=1S/C23H22N4O2S/c1-16(20-9-5-7-17-6-3-4-8-21(17)20)25-22(28)14-30-23-26-24-15-27(23)18-10-12-19(29-2)13-11-18/h3-13,15-16H,14H2,1-2H3,(H,25,28). The summed E-state index contributed by atoms with van der Waals surface area (Å²) in [5.74, 6) is 0.983. The second-order valence-corrected chi connectivity index (χ2v) is 7.77. The Bertz CT molecular complexity index is 1150. The van der Waals surface area contributed by atoms with Gasteiger partial charge in [0.1, 0.15) is 12.1 Å². The highest BCUT2D eigenvalue weighted by Crippen LogP contribution is 2.25. The third kappa shape index (κ3) is 4.31. The molecule has 1 N–H and O–H groups in total. The Morgan fingerprint density at radius 1 is 1.10 bits per heavy atom. The summed E-state index contributed by atoms with van der Waals surface area (Å²) in [6.45, 7) is 2.00. The molecule has 0 aliphatic carbocycles. The molecule has 0 saturated carbocycles. The first-order valence-corrected chi connectivity index (χ1v) is 10.6. The number of benzene rings is 3. The number of hydrogen-bond donors (Lipinski definition) is 1.